The smallest absolute Gasteiger partial charge is 0.213 e. The van der Waals surface area contributed by atoms with Gasteiger partial charge in [0, 0.05) is 43.7 Å². The van der Waals surface area contributed by atoms with Crippen molar-refractivity contribution in [2.45, 2.75) is 6.54 Å². The summed E-state index contributed by atoms with van der Waals surface area (Å²) in [7, 11) is 0. The van der Waals surface area contributed by atoms with Gasteiger partial charge in [0.25, 0.3) is 0 Å². The van der Waals surface area contributed by atoms with Crippen LogP contribution in [0, 0.1) is 0 Å². The summed E-state index contributed by atoms with van der Waals surface area (Å²) in [6.07, 6.45) is 1.64. The molecule has 0 spiro atoms. The quantitative estimate of drug-likeness (QED) is 0.470. The number of phenols is 1. The summed E-state index contributed by atoms with van der Waals surface area (Å²) >= 11 is 0. The first-order valence-electron chi connectivity index (χ1n) is 10.7. The number of anilines is 1. The van der Waals surface area contributed by atoms with Crippen molar-refractivity contribution in [3.63, 3.8) is 0 Å². The molecule has 1 N–H and O–H groups in total. The van der Waals surface area contributed by atoms with Crippen LogP contribution in [0.25, 0.3) is 28.1 Å². The lowest BCUT2D eigenvalue weighted by molar-refractivity contribution is 0.245. The van der Waals surface area contributed by atoms with Crippen LogP contribution in [0.15, 0.2) is 71.3 Å². The van der Waals surface area contributed by atoms with Gasteiger partial charge in [-0.3, -0.25) is 4.90 Å². The van der Waals surface area contributed by atoms with E-state index in [1.165, 1.54) is 0 Å². The summed E-state index contributed by atoms with van der Waals surface area (Å²) in [6, 6.07) is 19.3. The Bertz CT molecular complexity index is 1390. The lowest BCUT2D eigenvalue weighted by Gasteiger charge is -2.35. The number of para-hydroxylation sites is 2. The van der Waals surface area contributed by atoms with E-state index in [0.29, 0.717) is 17.3 Å². The topological polar surface area (TPSA) is 82.9 Å². The zero-order chi connectivity index (χ0) is 21.5. The van der Waals surface area contributed by atoms with E-state index < -0.39 is 0 Å². The van der Waals surface area contributed by atoms with Crippen molar-refractivity contribution >= 4 is 22.5 Å². The number of piperazine rings is 1. The summed E-state index contributed by atoms with van der Waals surface area (Å²) in [5.74, 6) is 2.47. The fraction of sp³-hybridized carbons (Fsp3) is 0.208. The van der Waals surface area contributed by atoms with Crippen LogP contribution in [0.5, 0.6) is 5.75 Å². The lowest BCUT2D eigenvalue weighted by atomic mass is 10.1. The van der Waals surface area contributed by atoms with Crippen molar-refractivity contribution in [2.75, 3.05) is 31.1 Å². The van der Waals surface area contributed by atoms with E-state index in [0.717, 1.165) is 60.8 Å². The van der Waals surface area contributed by atoms with E-state index in [1.807, 2.05) is 59.0 Å². The minimum Gasteiger partial charge on any atom is -0.508 e. The molecule has 1 aliphatic rings. The van der Waals surface area contributed by atoms with Crippen LogP contribution in [0.3, 0.4) is 0 Å². The molecule has 0 aliphatic carbocycles. The van der Waals surface area contributed by atoms with Gasteiger partial charge in [0.2, 0.25) is 11.8 Å². The maximum atomic E-state index is 10.1. The Morgan fingerprint density at radius 3 is 2.50 bits per heavy atom. The number of hydrogen-bond acceptors (Lipinski definition) is 7. The predicted molar refractivity (Wildman–Crippen MR) is 122 cm³/mol. The molecule has 2 aromatic carbocycles. The molecular weight excluding hydrogens is 404 g/mol. The Labute approximate surface area is 184 Å². The number of aromatic hydroxyl groups is 1. The molecule has 8 nitrogen and oxygen atoms in total. The number of phenolic OH excluding ortho intramolecular Hbond substituents is 1. The van der Waals surface area contributed by atoms with Crippen molar-refractivity contribution in [2.24, 2.45) is 0 Å². The van der Waals surface area contributed by atoms with Crippen LogP contribution in [-0.2, 0) is 6.54 Å². The Kier molecular flexibility index (Phi) is 4.50. The van der Waals surface area contributed by atoms with Crippen molar-refractivity contribution in [3.8, 4) is 17.3 Å². The zero-order valence-electron chi connectivity index (χ0n) is 17.4. The van der Waals surface area contributed by atoms with Gasteiger partial charge in [-0.1, -0.05) is 30.3 Å². The van der Waals surface area contributed by atoms with Crippen molar-refractivity contribution < 1.29 is 9.52 Å². The molecule has 1 aliphatic heterocycles. The SMILES string of the molecule is Oc1ccccc1CN1CCN(c2nc3ccccc3c3nnc(-c4ccco4)n23)CC1. The van der Waals surface area contributed by atoms with Crippen LogP contribution in [-0.4, -0.2) is 55.8 Å². The molecule has 160 valence electrons. The fourth-order valence-electron chi connectivity index (χ4n) is 4.34. The van der Waals surface area contributed by atoms with E-state index in [-0.39, 0.29) is 0 Å². The van der Waals surface area contributed by atoms with Gasteiger partial charge >= 0.3 is 0 Å². The number of fused-ring (bicyclic) bond motifs is 3. The largest absolute Gasteiger partial charge is 0.508 e. The summed E-state index contributed by atoms with van der Waals surface area (Å²) < 4.78 is 7.63. The molecule has 0 radical (unpaired) electrons. The van der Waals surface area contributed by atoms with Crippen LogP contribution in [0.1, 0.15) is 5.56 Å². The maximum Gasteiger partial charge on any atom is 0.213 e. The highest BCUT2D eigenvalue weighted by molar-refractivity contribution is 5.93. The number of furan rings is 1. The molecule has 0 unspecified atom stereocenters. The molecule has 0 saturated carbocycles. The fourth-order valence-corrected chi connectivity index (χ4v) is 4.34. The molecule has 6 rings (SSSR count). The summed E-state index contributed by atoms with van der Waals surface area (Å²) in [5.41, 5.74) is 2.62. The number of aromatic nitrogens is 4. The molecule has 4 heterocycles. The van der Waals surface area contributed by atoms with Gasteiger partial charge in [0.1, 0.15) is 5.75 Å². The minimum atomic E-state index is 0.348. The normalized spacial score (nSPS) is 15.1. The van der Waals surface area contributed by atoms with Gasteiger partial charge in [0.05, 0.1) is 11.8 Å². The summed E-state index contributed by atoms with van der Waals surface area (Å²) in [4.78, 5) is 9.63. The van der Waals surface area contributed by atoms with Gasteiger partial charge in [-0.15, -0.1) is 10.2 Å². The maximum absolute atomic E-state index is 10.1. The third kappa shape index (κ3) is 3.16. The average Bonchev–Trinajstić information content (AvgIpc) is 3.51. The molecular formula is C24H22N6O2. The van der Waals surface area contributed by atoms with Gasteiger partial charge in [0.15, 0.2) is 11.4 Å². The second-order valence-corrected chi connectivity index (χ2v) is 7.98. The number of rotatable bonds is 4. The van der Waals surface area contributed by atoms with Crippen LogP contribution >= 0.6 is 0 Å². The highest BCUT2D eigenvalue weighted by Gasteiger charge is 2.25. The van der Waals surface area contributed by atoms with Crippen molar-refractivity contribution in [1.82, 2.24) is 24.5 Å². The molecule has 32 heavy (non-hydrogen) atoms. The van der Waals surface area contributed by atoms with Crippen LogP contribution in [0.2, 0.25) is 0 Å². The highest BCUT2D eigenvalue weighted by Crippen LogP contribution is 2.29. The van der Waals surface area contributed by atoms with Gasteiger partial charge in [-0.25, -0.2) is 9.38 Å². The lowest BCUT2D eigenvalue weighted by Crippen LogP contribution is -2.46. The third-order valence-corrected chi connectivity index (χ3v) is 6.01. The van der Waals surface area contributed by atoms with Gasteiger partial charge < -0.3 is 14.4 Å². The Hall–Kier alpha value is -3.91. The first kappa shape index (κ1) is 18.8. The number of hydrogen-bond donors (Lipinski definition) is 1. The molecule has 1 fully saturated rings. The summed E-state index contributed by atoms with van der Waals surface area (Å²) in [5, 5.41) is 20.0. The van der Waals surface area contributed by atoms with E-state index in [2.05, 4.69) is 20.0 Å². The molecule has 0 atom stereocenters. The van der Waals surface area contributed by atoms with Crippen molar-refractivity contribution in [1.29, 1.82) is 0 Å². The number of benzene rings is 2. The van der Waals surface area contributed by atoms with E-state index in [1.54, 1.807) is 12.3 Å². The molecule has 3 aromatic heterocycles. The van der Waals surface area contributed by atoms with Crippen LogP contribution < -0.4 is 4.90 Å². The first-order chi connectivity index (χ1) is 15.8. The molecule has 8 heteroatoms. The minimum absolute atomic E-state index is 0.348. The van der Waals surface area contributed by atoms with Gasteiger partial charge in [-0.2, -0.15) is 0 Å². The predicted octanol–water partition coefficient (Wildman–Crippen LogP) is 3.57. The Morgan fingerprint density at radius 1 is 0.875 bits per heavy atom. The summed E-state index contributed by atoms with van der Waals surface area (Å²) in [6.45, 7) is 4.07. The monoisotopic (exact) mass is 426 g/mol. The Morgan fingerprint density at radius 2 is 1.69 bits per heavy atom. The number of nitrogens with zero attached hydrogens (tertiary/aromatic N) is 6. The van der Waals surface area contributed by atoms with Gasteiger partial charge in [-0.05, 0) is 30.3 Å². The second-order valence-electron chi connectivity index (χ2n) is 7.98. The zero-order valence-corrected chi connectivity index (χ0v) is 17.4. The highest BCUT2D eigenvalue weighted by atomic mass is 16.3. The molecule has 0 amide bonds. The van der Waals surface area contributed by atoms with Crippen molar-refractivity contribution in [3.05, 3.63) is 72.5 Å². The van der Waals surface area contributed by atoms with E-state index >= 15 is 0 Å². The molecule has 0 bridgehead atoms. The average molecular weight is 426 g/mol. The van der Waals surface area contributed by atoms with E-state index in [4.69, 9.17) is 9.40 Å². The van der Waals surface area contributed by atoms with E-state index in [9.17, 15) is 5.11 Å². The Balaban J connectivity index is 1.36. The third-order valence-electron chi connectivity index (χ3n) is 6.01. The molecule has 1 saturated heterocycles. The standard InChI is InChI=1S/C24H22N6O2/c31-20-9-4-1-6-17(20)16-28-11-13-29(14-12-28)24-25-19-8-3-2-7-18(19)22-26-27-23(30(22)24)21-10-5-15-32-21/h1-10,15,31H,11-14,16H2. The first-order valence-corrected chi connectivity index (χ1v) is 10.7. The molecule has 5 aromatic rings. The van der Waals surface area contributed by atoms with Crippen LogP contribution in [0.4, 0.5) is 5.95 Å². The second kappa shape index (κ2) is 7.65.